The van der Waals surface area contributed by atoms with Crippen molar-refractivity contribution >= 4 is 0 Å². The van der Waals surface area contributed by atoms with Crippen LogP contribution in [0.4, 0.5) is 0 Å². The summed E-state index contributed by atoms with van der Waals surface area (Å²) in [5.41, 5.74) is 6.58. The minimum absolute atomic E-state index is 0.331. The Morgan fingerprint density at radius 3 is 2.84 bits per heavy atom. The van der Waals surface area contributed by atoms with E-state index in [-0.39, 0.29) is 0 Å². The summed E-state index contributed by atoms with van der Waals surface area (Å²) in [5.74, 6) is 1.83. The number of rotatable bonds is 5. The minimum Gasteiger partial charge on any atom is -0.377 e. The molecule has 2 N–H and O–H groups in total. The van der Waals surface area contributed by atoms with Crippen LogP contribution in [0.25, 0.3) is 0 Å². The molecule has 2 aliphatic carbocycles. The number of fused-ring (bicyclic) bond motifs is 2. The lowest BCUT2D eigenvalue weighted by Gasteiger charge is -2.49. The molecule has 0 radical (unpaired) electrons. The molecule has 3 heteroatoms. The second-order valence-corrected chi connectivity index (χ2v) is 6.97. The highest BCUT2D eigenvalue weighted by molar-refractivity contribution is 5.09. The van der Waals surface area contributed by atoms with E-state index in [1.54, 1.807) is 0 Å². The van der Waals surface area contributed by atoms with Crippen LogP contribution in [-0.2, 0) is 4.74 Å². The fraction of sp³-hybridized carbons (Fsp3) is 1.00. The third-order valence-electron chi connectivity index (χ3n) is 5.86. The molecule has 4 unspecified atom stereocenters. The molecule has 0 spiro atoms. The van der Waals surface area contributed by atoms with Gasteiger partial charge in [0.2, 0.25) is 0 Å². The fourth-order valence-electron chi connectivity index (χ4n) is 4.94. The Morgan fingerprint density at radius 2 is 2.21 bits per heavy atom. The Morgan fingerprint density at radius 1 is 1.32 bits per heavy atom. The molecule has 110 valence electrons. The second-order valence-electron chi connectivity index (χ2n) is 6.97. The topological polar surface area (TPSA) is 38.5 Å². The molecule has 0 aromatic rings. The van der Waals surface area contributed by atoms with Crippen LogP contribution in [0.15, 0.2) is 0 Å². The van der Waals surface area contributed by atoms with Gasteiger partial charge in [-0.3, -0.25) is 4.90 Å². The van der Waals surface area contributed by atoms with E-state index >= 15 is 0 Å². The Hall–Kier alpha value is -0.120. The molecular weight excluding hydrogens is 236 g/mol. The molecule has 3 aliphatic rings. The van der Waals surface area contributed by atoms with Gasteiger partial charge in [-0.15, -0.1) is 0 Å². The van der Waals surface area contributed by atoms with Gasteiger partial charge in [-0.25, -0.2) is 0 Å². The summed E-state index contributed by atoms with van der Waals surface area (Å²) in [7, 11) is 0. The maximum atomic E-state index is 6.25. The van der Waals surface area contributed by atoms with Crippen molar-refractivity contribution in [2.45, 2.75) is 63.5 Å². The maximum absolute atomic E-state index is 6.25. The first kappa shape index (κ1) is 13.8. The van der Waals surface area contributed by atoms with E-state index < -0.39 is 0 Å². The lowest BCUT2D eigenvalue weighted by atomic mass is 9.78. The first-order valence-corrected chi connectivity index (χ1v) is 8.35. The first-order valence-electron chi connectivity index (χ1n) is 8.35. The van der Waals surface area contributed by atoms with E-state index in [4.69, 9.17) is 10.5 Å². The summed E-state index contributed by atoms with van der Waals surface area (Å²) >= 11 is 0. The standard InChI is InChI=1S/C16H30N2O/c1-2-8-19-15-4-3-7-18(11-15)16(12-17)10-13-5-6-14(16)9-13/h13-15H,2-12,17H2,1H3. The monoisotopic (exact) mass is 266 g/mol. The highest BCUT2D eigenvalue weighted by Crippen LogP contribution is 2.53. The van der Waals surface area contributed by atoms with Crippen LogP contribution in [0.3, 0.4) is 0 Å². The molecule has 19 heavy (non-hydrogen) atoms. The van der Waals surface area contributed by atoms with Crippen LogP contribution in [0.1, 0.15) is 51.9 Å². The number of nitrogens with two attached hydrogens (primary N) is 1. The van der Waals surface area contributed by atoms with Crippen LogP contribution >= 0.6 is 0 Å². The molecule has 2 saturated carbocycles. The fourth-order valence-corrected chi connectivity index (χ4v) is 4.94. The number of ether oxygens (including phenoxy) is 1. The van der Waals surface area contributed by atoms with E-state index in [0.717, 1.165) is 38.0 Å². The van der Waals surface area contributed by atoms with E-state index in [9.17, 15) is 0 Å². The average molecular weight is 266 g/mol. The summed E-state index contributed by atoms with van der Waals surface area (Å²) in [6, 6.07) is 0. The molecule has 0 aromatic carbocycles. The number of nitrogens with zero attached hydrogens (tertiary/aromatic N) is 1. The van der Waals surface area contributed by atoms with Crippen molar-refractivity contribution in [3.63, 3.8) is 0 Å². The zero-order chi connectivity index (χ0) is 13.3. The molecular formula is C16H30N2O. The van der Waals surface area contributed by atoms with Crippen molar-refractivity contribution in [2.75, 3.05) is 26.2 Å². The molecule has 1 saturated heterocycles. The van der Waals surface area contributed by atoms with Gasteiger partial charge in [0.05, 0.1) is 6.10 Å². The Kier molecular flexibility index (Phi) is 4.16. The van der Waals surface area contributed by atoms with Gasteiger partial charge < -0.3 is 10.5 Å². The van der Waals surface area contributed by atoms with E-state index in [1.807, 2.05) is 0 Å². The highest BCUT2D eigenvalue weighted by atomic mass is 16.5. The molecule has 0 aromatic heterocycles. The first-order chi connectivity index (χ1) is 9.28. The van der Waals surface area contributed by atoms with Crippen LogP contribution < -0.4 is 5.73 Å². The lowest BCUT2D eigenvalue weighted by Crippen LogP contribution is -2.60. The second kappa shape index (κ2) is 5.71. The summed E-state index contributed by atoms with van der Waals surface area (Å²) in [4.78, 5) is 2.72. The quantitative estimate of drug-likeness (QED) is 0.830. The predicted octanol–water partition coefficient (Wildman–Crippen LogP) is 2.39. The van der Waals surface area contributed by atoms with Gasteiger partial charge >= 0.3 is 0 Å². The Balaban J connectivity index is 1.66. The minimum atomic E-state index is 0.331. The average Bonchev–Trinajstić information content (AvgIpc) is 3.06. The van der Waals surface area contributed by atoms with E-state index in [0.29, 0.717) is 11.6 Å². The Bertz CT molecular complexity index is 309. The number of hydrogen-bond donors (Lipinski definition) is 1. The van der Waals surface area contributed by atoms with Gasteiger partial charge in [0.25, 0.3) is 0 Å². The van der Waals surface area contributed by atoms with Crippen molar-refractivity contribution in [2.24, 2.45) is 17.6 Å². The van der Waals surface area contributed by atoms with Crippen molar-refractivity contribution < 1.29 is 4.74 Å². The van der Waals surface area contributed by atoms with Crippen LogP contribution in [0.5, 0.6) is 0 Å². The van der Waals surface area contributed by atoms with Crippen molar-refractivity contribution in [1.29, 1.82) is 0 Å². The molecule has 4 atom stereocenters. The third-order valence-corrected chi connectivity index (χ3v) is 5.86. The molecule has 3 rings (SSSR count). The molecule has 2 bridgehead atoms. The highest BCUT2D eigenvalue weighted by Gasteiger charge is 2.53. The van der Waals surface area contributed by atoms with E-state index in [1.165, 1.54) is 45.1 Å². The van der Waals surface area contributed by atoms with Crippen LogP contribution in [-0.4, -0.2) is 42.8 Å². The number of likely N-dealkylation sites (tertiary alicyclic amines) is 1. The summed E-state index contributed by atoms with van der Waals surface area (Å²) in [6.45, 7) is 6.33. The van der Waals surface area contributed by atoms with Crippen LogP contribution in [0, 0.1) is 11.8 Å². The van der Waals surface area contributed by atoms with Gasteiger partial charge in [-0.2, -0.15) is 0 Å². The summed E-state index contributed by atoms with van der Waals surface area (Å²) < 4.78 is 6.01. The van der Waals surface area contributed by atoms with Crippen molar-refractivity contribution in [3.05, 3.63) is 0 Å². The van der Waals surface area contributed by atoms with Crippen molar-refractivity contribution in [1.82, 2.24) is 4.90 Å². The van der Waals surface area contributed by atoms with Gasteiger partial charge in [0.15, 0.2) is 0 Å². The van der Waals surface area contributed by atoms with Gasteiger partial charge in [0, 0.05) is 25.2 Å². The molecule has 3 fully saturated rings. The van der Waals surface area contributed by atoms with E-state index in [2.05, 4.69) is 11.8 Å². The zero-order valence-corrected chi connectivity index (χ0v) is 12.4. The third kappa shape index (κ3) is 2.45. The van der Waals surface area contributed by atoms with Crippen LogP contribution in [0.2, 0.25) is 0 Å². The predicted molar refractivity (Wildman–Crippen MR) is 78.1 cm³/mol. The molecule has 1 heterocycles. The van der Waals surface area contributed by atoms with Gasteiger partial charge in [-0.05, 0) is 56.9 Å². The normalized spacial score (nSPS) is 42.9. The lowest BCUT2D eigenvalue weighted by molar-refractivity contribution is -0.0523. The number of piperidine rings is 1. The maximum Gasteiger partial charge on any atom is 0.0702 e. The molecule has 0 amide bonds. The van der Waals surface area contributed by atoms with Crippen molar-refractivity contribution in [3.8, 4) is 0 Å². The van der Waals surface area contributed by atoms with Gasteiger partial charge in [-0.1, -0.05) is 13.3 Å². The summed E-state index contributed by atoms with van der Waals surface area (Å²) in [5, 5.41) is 0. The smallest absolute Gasteiger partial charge is 0.0702 e. The zero-order valence-electron chi connectivity index (χ0n) is 12.4. The molecule has 3 nitrogen and oxygen atoms in total. The largest absolute Gasteiger partial charge is 0.377 e. The Labute approximate surface area is 117 Å². The SMILES string of the molecule is CCCOC1CCCN(C2(CN)CC3CCC2C3)C1. The number of hydrogen-bond acceptors (Lipinski definition) is 3. The summed E-state index contributed by atoms with van der Waals surface area (Å²) in [6.07, 6.45) is 9.77. The molecule has 1 aliphatic heterocycles. The van der Waals surface area contributed by atoms with Gasteiger partial charge in [0.1, 0.15) is 0 Å².